The topological polar surface area (TPSA) is 79.8 Å². The monoisotopic (exact) mass is 345 g/mol. The van der Waals surface area contributed by atoms with Gasteiger partial charge in [0, 0.05) is 35.7 Å². The van der Waals surface area contributed by atoms with Crippen LogP contribution in [0, 0.1) is 0 Å². The van der Waals surface area contributed by atoms with Gasteiger partial charge in [-0.25, -0.2) is 9.97 Å². The number of nitrogens with one attached hydrogen (secondary N) is 2. The van der Waals surface area contributed by atoms with Gasteiger partial charge in [-0.1, -0.05) is 32.5 Å². The van der Waals surface area contributed by atoms with E-state index in [0.29, 0.717) is 23.1 Å². The number of rotatable bonds is 5. The number of aromatic nitrogens is 3. The van der Waals surface area contributed by atoms with Crippen LogP contribution in [0.15, 0.2) is 29.7 Å². The van der Waals surface area contributed by atoms with E-state index in [0.717, 1.165) is 11.4 Å². The Morgan fingerprint density at radius 1 is 1.29 bits per heavy atom. The van der Waals surface area contributed by atoms with Gasteiger partial charge in [-0.3, -0.25) is 9.78 Å². The predicted octanol–water partition coefficient (Wildman–Crippen LogP) is 3.38. The Morgan fingerprint density at radius 2 is 2.04 bits per heavy atom. The molecule has 2 aromatic heterocycles. The molecule has 1 amide bonds. The molecular formula is C17H23N5OS. The molecule has 2 N–H and O–H groups in total. The molecule has 6 nitrogen and oxygen atoms in total. The molecule has 0 unspecified atom stereocenters. The highest BCUT2D eigenvalue weighted by Crippen LogP contribution is 2.25. The Bertz CT molecular complexity index is 727. The Hall–Kier alpha value is -2.15. The molecule has 0 aliphatic carbocycles. The molecule has 0 fully saturated rings. The van der Waals surface area contributed by atoms with E-state index >= 15 is 0 Å². The number of thioether (sulfide) groups is 1. The maximum absolute atomic E-state index is 12.2. The molecule has 0 saturated carbocycles. The van der Waals surface area contributed by atoms with Gasteiger partial charge in [0.05, 0.1) is 0 Å². The molecule has 2 heterocycles. The molecule has 0 radical (unpaired) electrons. The van der Waals surface area contributed by atoms with E-state index in [1.807, 2.05) is 25.3 Å². The van der Waals surface area contributed by atoms with E-state index < -0.39 is 0 Å². The molecule has 0 spiro atoms. The van der Waals surface area contributed by atoms with Crippen LogP contribution in [0.2, 0.25) is 0 Å². The van der Waals surface area contributed by atoms with Crippen molar-refractivity contribution >= 4 is 29.2 Å². The average Bonchev–Trinajstić information content (AvgIpc) is 2.54. The lowest BCUT2D eigenvalue weighted by atomic mass is 9.91. The van der Waals surface area contributed by atoms with Crippen molar-refractivity contribution in [3.05, 3.63) is 35.8 Å². The van der Waals surface area contributed by atoms with Gasteiger partial charge >= 0.3 is 0 Å². The first-order valence-corrected chi connectivity index (χ1v) is 9.00. The van der Waals surface area contributed by atoms with E-state index in [1.54, 1.807) is 12.4 Å². The zero-order chi connectivity index (χ0) is 17.7. The van der Waals surface area contributed by atoms with Gasteiger partial charge in [-0.15, -0.1) is 0 Å². The fraction of sp³-hybridized carbons (Fsp3) is 0.412. The molecule has 0 atom stereocenters. The molecule has 2 aromatic rings. The highest BCUT2D eigenvalue weighted by Gasteiger charge is 2.17. The fourth-order valence-electron chi connectivity index (χ4n) is 2.04. The summed E-state index contributed by atoms with van der Waals surface area (Å²) in [6, 6.07) is 3.83. The Kier molecular flexibility index (Phi) is 5.77. The standard InChI is InChI=1S/C17H23N5OS/c1-6-18-15(23)12-10-20-16(24-5)22-14(12)21-11-7-8-19-13(9-11)17(2,3)4/h7-10H,6H2,1-5H3,(H,18,23)(H,19,20,21,22). The van der Waals surface area contributed by atoms with Crippen LogP contribution in [-0.2, 0) is 5.41 Å². The number of hydrogen-bond acceptors (Lipinski definition) is 6. The van der Waals surface area contributed by atoms with E-state index in [9.17, 15) is 4.79 Å². The van der Waals surface area contributed by atoms with Crippen LogP contribution in [0.5, 0.6) is 0 Å². The Morgan fingerprint density at radius 3 is 2.67 bits per heavy atom. The summed E-state index contributed by atoms with van der Waals surface area (Å²) in [5.41, 5.74) is 2.16. The first-order valence-electron chi connectivity index (χ1n) is 7.78. The minimum Gasteiger partial charge on any atom is -0.352 e. The molecule has 7 heteroatoms. The second kappa shape index (κ2) is 7.61. The quantitative estimate of drug-likeness (QED) is 0.639. The smallest absolute Gasteiger partial charge is 0.256 e. The number of carbonyl (C=O) groups is 1. The molecule has 2 rings (SSSR count). The maximum Gasteiger partial charge on any atom is 0.256 e. The predicted molar refractivity (Wildman–Crippen MR) is 98.0 cm³/mol. The van der Waals surface area contributed by atoms with Gasteiger partial charge in [-0.05, 0) is 25.3 Å². The zero-order valence-corrected chi connectivity index (χ0v) is 15.5. The van der Waals surface area contributed by atoms with Crippen LogP contribution in [0.1, 0.15) is 43.7 Å². The maximum atomic E-state index is 12.2. The largest absolute Gasteiger partial charge is 0.352 e. The summed E-state index contributed by atoms with van der Waals surface area (Å²) >= 11 is 1.43. The van der Waals surface area contributed by atoms with Crippen LogP contribution in [-0.4, -0.2) is 33.7 Å². The molecular weight excluding hydrogens is 322 g/mol. The van der Waals surface area contributed by atoms with Gasteiger partial charge in [0.15, 0.2) is 5.16 Å². The average molecular weight is 345 g/mol. The van der Waals surface area contributed by atoms with E-state index in [4.69, 9.17) is 0 Å². The number of pyridine rings is 1. The Labute approximate surface area is 146 Å². The lowest BCUT2D eigenvalue weighted by Crippen LogP contribution is -2.24. The number of carbonyl (C=O) groups excluding carboxylic acids is 1. The van der Waals surface area contributed by atoms with Gasteiger partial charge in [-0.2, -0.15) is 0 Å². The molecule has 0 aliphatic rings. The third-order valence-corrected chi connectivity index (χ3v) is 3.88. The fourth-order valence-corrected chi connectivity index (χ4v) is 2.38. The zero-order valence-electron chi connectivity index (χ0n) is 14.7. The van der Waals surface area contributed by atoms with Gasteiger partial charge in [0.2, 0.25) is 0 Å². The molecule has 24 heavy (non-hydrogen) atoms. The second-order valence-electron chi connectivity index (χ2n) is 6.28. The van der Waals surface area contributed by atoms with E-state index in [-0.39, 0.29) is 11.3 Å². The van der Waals surface area contributed by atoms with Crippen LogP contribution in [0.4, 0.5) is 11.5 Å². The lowest BCUT2D eigenvalue weighted by Gasteiger charge is -2.19. The Balaban J connectivity index is 2.39. The summed E-state index contributed by atoms with van der Waals surface area (Å²) in [5.74, 6) is 0.295. The van der Waals surface area contributed by atoms with E-state index in [1.165, 1.54) is 11.8 Å². The molecule has 0 saturated heterocycles. The molecule has 128 valence electrons. The number of anilines is 2. The van der Waals surface area contributed by atoms with Crippen molar-refractivity contribution in [2.24, 2.45) is 0 Å². The summed E-state index contributed by atoms with van der Waals surface area (Å²) < 4.78 is 0. The van der Waals surface area contributed by atoms with Crippen LogP contribution in [0.25, 0.3) is 0 Å². The number of nitrogens with zero attached hydrogens (tertiary/aromatic N) is 3. The minimum atomic E-state index is -0.197. The van der Waals surface area contributed by atoms with Crippen molar-refractivity contribution in [3.63, 3.8) is 0 Å². The summed E-state index contributed by atoms with van der Waals surface area (Å²) in [5, 5.41) is 6.62. The van der Waals surface area contributed by atoms with Gasteiger partial charge in [0.25, 0.3) is 5.91 Å². The first kappa shape index (κ1) is 18.2. The lowest BCUT2D eigenvalue weighted by molar-refractivity contribution is 0.0956. The van der Waals surface area contributed by atoms with E-state index in [2.05, 4.69) is 46.4 Å². The van der Waals surface area contributed by atoms with Crippen molar-refractivity contribution in [3.8, 4) is 0 Å². The summed E-state index contributed by atoms with van der Waals surface area (Å²) in [6.07, 6.45) is 5.21. The SMILES string of the molecule is CCNC(=O)c1cnc(SC)nc1Nc1ccnc(C(C)(C)C)c1. The summed E-state index contributed by atoms with van der Waals surface area (Å²) in [6.45, 7) is 8.74. The minimum absolute atomic E-state index is 0.0593. The summed E-state index contributed by atoms with van der Waals surface area (Å²) in [7, 11) is 0. The number of hydrogen-bond donors (Lipinski definition) is 2. The van der Waals surface area contributed by atoms with Crippen molar-refractivity contribution in [1.29, 1.82) is 0 Å². The van der Waals surface area contributed by atoms with Crippen molar-refractivity contribution in [2.45, 2.75) is 38.3 Å². The van der Waals surface area contributed by atoms with Crippen LogP contribution < -0.4 is 10.6 Å². The third-order valence-electron chi connectivity index (χ3n) is 3.32. The first-order chi connectivity index (χ1) is 11.3. The number of amides is 1. The molecule has 0 bridgehead atoms. The van der Waals surface area contributed by atoms with Crippen LogP contribution >= 0.6 is 11.8 Å². The highest BCUT2D eigenvalue weighted by atomic mass is 32.2. The molecule has 0 aromatic carbocycles. The van der Waals surface area contributed by atoms with Crippen molar-refractivity contribution in [2.75, 3.05) is 18.1 Å². The third kappa shape index (κ3) is 4.44. The van der Waals surface area contributed by atoms with Crippen molar-refractivity contribution < 1.29 is 4.79 Å². The second-order valence-corrected chi connectivity index (χ2v) is 7.06. The van der Waals surface area contributed by atoms with Crippen LogP contribution in [0.3, 0.4) is 0 Å². The summed E-state index contributed by atoms with van der Waals surface area (Å²) in [4.78, 5) is 25.3. The normalized spacial score (nSPS) is 11.2. The van der Waals surface area contributed by atoms with Gasteiger partial charge < -0.3 is 10.6 Å². The van der Waals surface area contributed by atoms with Crippen molar-refractivity contribution in [1.82, 2.24) is 20.3 Å². The van der Waals surface area contributed by atoms with Gasteiger partial charge in [0.1, 0.15) is 11.4 Å². The highest BCUT2D eigenvalue weighted by molar-refractivity contribution is 7.98. The molecule has 0 aliphatic heterocycles.